The summed E-state index contributed by atoms with van der Waals surface area (Å²) in [7, 11) is 0. The van der Waals surface area contributed by atoms with Crippen LogP contribution in [0.25, 0.3) is 0 Å². The number of nitrogens with one attached hydrogen (secondary N) is 3. The molecule has 1 rings (SSSR count). The summed E-state index contributed by atoms with van der Waals surface area (Å²) in [6, 6.07) is 8.56. The van der Waals surface area contributed by atoms with Gasteiger partial charge in [0.15, 0.2) is 0 Å². The first kappa shape index (κ1) is 11.0. The first-order valence-corrected chi connectivity index (χ1v) is 4.24. The summed E-state index contributed by atoms with van der Waals surface area (Å²) in [5, 5.41) is 4.94. The van der Waals surface area contributed by atoms with Crippen LogP contribution in [0.15, 0.2) is 30.3 Å². The Labute approximate surface area is 86.6 Å². The predicted octanol–water partition coefficient (Wildman–Crippen LogP) is 0.443. The van der Waals surface area contributed by atoms with Crippen molar-refractivity contribution in [1.82, 2.24) is 10.8 Å². The number of carbonyl (C=O) groups excluding carboxylic acids is 2. The molecule has 0 aliphatic carbocycles. The van der Waals surface area contributed by atoms with Crippen molar-refractivity contribution in [2.24, 2.45) is 0 Å². The van der Waals surface area contributed by atoms with E-state index < -0.39 is 6.03 Å². The average molecular weight is 209 g/mol. The van der Waals surface area contributed by atoms with E-state index in [1.54, 1.807) is 24.3 Å². The SMILES string of the molecule is O=CNOCNC(=O)Nc1ccccc1. The molecule has 6 nitrogen and oxygen atoms in total. The molecule has 0 aromatic heterocycles. The smallest absolute Gasteiger partial charge is 0.312 e. The third kappa shape index (κ3) is 4.63. The molecule has 0 heterocycles. The molecule has 15 heavy (non-hydrogen) atoms. The second kappa shape index (κ2) is 6.39. The van der Waals surface area contributed by atoms with Crippen molar-refractivity contribution in [1.29, 1.82) is 0 Å². The third-order valence-electron chi connectivity index (χ3n) is 1.47. The van der Waals surface area contributed by atoms with E-state index in [1.165, 1.54) is 0 Å². The van der Waals surface area contributed by atoms with Crippen LogP contribution in [-0.4, -0.2) is 19.2 Å². The van der Waals surface area contributed by atoms with Crippen molar-refractivity contribution in [3.8, 4) is 0 Å². The van der Waals surface area contributed by atoms with Gasteiger partial charge in [-0.05, 0) is 12.1 Å². The van der Waals surface area contributed by atoms with Crippen LogP contribution in [0.1, 0.15) is 0 Å². The first-order chi connectivity index (χ1) is 7.33. The number of benzene rings is 1. The van der Waals surface area contributed by atoms with Crippen LogP contribution in [0.4, 0.5) is 10.5 Å². The molecular formula is C9H11N3O3. The Kier molecular flexibility index (Phi) is 4.68. The Bertz CT molecular complexity index is 316. The zero-order valence-electron chi connectivity index (χ0n) is 7.90. The van der Waals surface area contributed by atoms with E-state index in [9.17, 15) is 9.59 Å². The summed E-state index contributed by atoms with van der Waals surface area (Å²) in [6.07, 6.45) is 0.372. The summed E-state index contributed by atoms with van der Waals surface area (Å²) < 4.78 is 0. The highest BCUT2D eigenvalue weighted by atomic mass is 16.7. The Balaban J connectivity index is 2.22. The fraction of sp³-hybridized carbons (Fsp3) is 0.111. The van der Waals surface area contributed by atoms with Gasteiger partial charge < -0.3 is 10.6 Å². The van der Waals surface area contributed by atoms with Gasteiger partial charge in [-0.15, -0.1) is 0 Å². The van der Waals surface area contributed by atoms with Gasteiger partial charge in [0.2, 0.25) is 6.41 Å². The van der Waals surface area contributed by atoms with Crippen molar-refractivity contribution in [3.05, 3.63) is 30.3 Å². The van der Waals surface area contributed by atoms with Gasteiger partial charge in [-0.1, -0.05) is 18.2 Å². The molecular weight excluding hydrogens is 198 g/mol. The fourth-order valence-corrected chi connectivity index (χ4v) is 0.874. The number of anilines is 1. The first-order valence-electron chi connectivity index (χ1n) is 4.24. The Morgan fingerprint density at radius 3 is 2.73 bits per heavy atom. The van der Waals surface area contributed by atoms with Crippen LogP contribution in [0.2, 0.25) is 0 Å². The summed E-state index contributed by atoms with van der Waals surface area (Å²) in [6.45, 7) is -0.0998. The normalized spacial score (nSPS) is 9.07. The lowest BCUT2D eigenvalue weighted by molar-refractivity contribution is -0.120. The molecule has 6 heteroatoms. The third-order valence-corrected chi connectivity index (χ3v) is 1.47. The van der Waals surface area contributed by atoms with Crippen LogP contribution >= 0.6 is 0 Å². The maximum absolute atomic E-state index is 11.2. The zero-order valence-corrected chi connectivity index (χ0v) is 7.90. The monoisotopic (exact) mass is 209 g/mol. The van der Waals surface area contributed by atoms with Gasteiger partial charge in [0.05, 0.1) is 0 Å². The van der Waals surface area contributed by atoms with Crippen molar-refractivity contribution in [2.45, 2.75) is 0 Å². The molecule has 80 valence electrons. The van der Waals surface area contributed by atoms with E-state index in [2.05, 4.69) is 15.5 Å². The minimum atomic E-state index is -0.408. The molecule has 0 aliphatic heterocycles. The molecule has 0 spiro atoms. The van der Waals surface area contributed by atoms with E-state index in [-0.39, 0.29) is 6.73 Å². The van der Waals surface area contributed by atoms with E-state index >= 15 is 0 Å². The van der Waals surface area contributed by atoms with Crippen molar-refractivity contribution in [2.75, 3.05) is 12.0 Å². The molecule has 1 aromatic rings. The summed E-state index contributed by atoms with van der Waals surface area (Å²) >= 11 is 0. The van der Waals surface area contributed by atoms with E-state index in [0.29, 0.717) is 12.1 Å². The van der Waals surface area contributed by atoms with Crippen LogP contribution in [0.3, 0.4) is 0 Å². The maximum Gasteiger partial charge on any atom is 0.321 e. The number of para-hydroxylation sites is 1. The van der Waals surface area contributed by atoms with Crippen molar-refractivity contribution >= 4 is 18.1 Å². The van der Waals surface area contributed by atoms with Crippen molar-refractivity contribution in [3.63, 3.8) is 0 Å². The Morgan fingerprint density at radius 1 is 1.33 bits per heavy atom. The maximum atomic E-state index is 11.2. The fourth-order valence-electron chi connectivity index (χ4n) is 0.874. The molecule has 3 N–H and O–H groups in total. The number of hydroxylamine groups is 1. The predicted molar refractivity (Wildman–Crippen MR) is 53.7 cm³/mol. The molecule has 1 aromatic carbocycles. The number of amides is 3. The highest BCUT2D eigenvalue weighted by molar-refractivity contribution is 5.88. The minimum Gasteiger partial charge on any atom is -0.312 e. The standard InChI is InChI=1S/C9H11N3O3/c13-6-11-15-7-10-9(14)12-8-4-2-1-3-5-8/h1-6H,7H2,(H,11,13)(H2,10,12,14). The topological polar surface area (TPSA) is 79.5 Å². The van der Waals surface area contributed by atoms with E-state index in [1.807, 2.05) is 11.5 Å². The quantitative estimate of drug-likeness (QED) is 0.285. The number of hydrogen-bond donors (Lipinski definition) is 3. The summed E-state index contributed by atoms with van der Waals surface area (Å²) in [4.78, 5) is 25.4. The van der Waals surface area contributed by atoms with Gasteiger partial charge in [-0.25, -0.2) is 10.3 Å². The Hall–Kier alpha value is -2.08. The second-order valence-corrected chi connectivity index (χ2v) is 2.52. The molecule has 0 fully saturated rings. The molecule has 0 saturated carbocycles. The lowest BCUT2D eigenvalue weighted by Gasteiger charge is -2.06. The Morgan fingerprint density at radius 2 is 2.07 bits per heavy atom. The highest BCUT2D eigenvalue weighted by Gasteiger charge is 1.98. The summed E-state index contributed by atoms with van der Waals surface area (Å²) in [5.74, 6) is 0. The largest absolute Gasteiger partial charge is 0.321 e. The lowest BCUT2D eigenvalue weighted by atomic mass is 10.3. The van der Waals surface area contributed by atoms with E-state index in [4.69, 9.17) is 0 Å². The zero-order chi connectivity index (χ0) is 10.9. The second-order valence-electron chi connectivity index (χ2n) is 2.52. The molecule has 3 amide bonds. The number of carbonyl (C=O) groups is 2. The highest BCUT2D eigenvalue weighted by Crippen LogP contribution is 2.03. The summed E-state index contributed by atoms with van der Waals surface area (Å²) in [5.41, 5.74) is 2.62. The average Bonchev–Trinajstić information content (AvgIpc) is 2.26. The van der Waals surface area contributed by atoms with Gasteiger partial charge in [-0.3, -0.25) is 9.63 Å². The molecule has 0 aliphatic rings. The molecule has 0 bridgehead atoms. The van der Waals surface area contributed by atoms with Crippen LogP contribution in [0, 0.1) is 0 Å². The molecule has 0 radical (unpaired) electrons. The van der Waals surface area contributed by atoms with Crippen LogP contribution in [0.5, 0.6) is 0 Å². The number of hydrogen-bond acceptors (Lipinski definition) is 3. The van der Waals surface area contributed by atoms with Gasteiger partial charge in [0.25, 0.3) is 0 Å². The van der Waals surface area contributed by atoms with Gasteiger partial charge >= 0.3 is 6.03 Å². The van der Waals surface area contributed by atoms with Gasteiger partial charge in [0, 0.05) is 5.69 Å². The lowest BCUT2D eigenvalue weighted by Crippen LogP contribution is -2.33. The molecule has 0 atom stereocenters. The van der Waals surface area contributed by atoms with Crippen LogP contribution in [-0.2, 0) is 9.63 Å². The van der Waals surface area contributed by atoms with Crippen LogP contribution < -0.4 is 16.1 Å². The van der Waals surface area contributed by atoms with Gasteiger partial charge in [-0.2, -0.15) is 0 Å². The number of rotatable bonds is 5. The van der Waals surface area contributed by atoms with E-state index in [0.717, 1.165) is 0 Å². The number of urea groups is 1. The molecule has 0 unspecified atom stereocenters. The van der Waals surface area contributed by atoms with Crippen molar-refractivity contribution < 1.29 is 14.4 Å². The minimum absolute atomic E-state index is 0.0998. The van der Waals surface area contributed by atoms with Gasteiger partial charge in [0.1, 0.15) is 6.73 Å². The molecule has 0 saturated heterocycles.